The molecule has 0 unspecified atom stereocenters. The zero-order valence-corrected chi connectivity index (χ0v) is 8.49. The average Bonchev–Trinajstić information content (AvgIpc) is 2.48. The van der Waals surface area contributed by atoms with Crippen LogP contribution in [-0.4, -0.2) is 19.9 Å². The van der Waals surface area contributed by atoms with Crippen LogP contribution in [-0.2, 0) is 6.42 Å². The summed E-state index contributed by atoms with van der Waals surface area (Å²) in [7, 11) is 0. The molecule has 2 aromatic rings. The van der Waals surface area contributed by atoms with E-state index in [0.717, 1.165) is 18.7 Å². The van der Waals surface area contributed by atoms with Crippen LogP contribution in [0.15, 0.2) is 4.79 Å². The van der Waals surface area contributed by atoms with Crippen LogP contribution in [0.5, 0.6) is 0 Å². The van der Waals surface area contributed by atoms with E-state index >= 15 is 0 Å². The van der Waals surface area contributed by atoms with Gasteiger partial charge in [0.15, 0.2) is 10.4 Å². The number of hydrogen-bond donors (Lipinski definition) is 3. The summed E-state index contributed by atoms with van der Waals surface area (Å²) in [4.78, 5) is 23.9. The second kappa shape index (κ2) is 3.38. The van der Waals surface area contributed by atoms with Gasteiger partial charge in [-0.25, -0.2) is 4.98 Å². The van der Waals surface area contributed by atoms with Crippen LogP contribution in [0.1, 0.15) is 19.2 Å². The van der Waals surface area contributed by atoms with E-state index in [2.05, 4.69) is 26.9 Å². The first-order chi connectivity index (χ1) is 6.70. The van der Waals surface area contributed by atoms with E-state index in [1.165, 1.54) is 0 Å². The van der Waals surface area contributed by atoms with E-state index in [9.17, 15) is 4.79 Å². The van der Waals surface area contributed by atoms with Crippen molar-refractivity contribution in [2.45, 2.75) is 19.8 Å². The first-order valence-electron chi connectivity index (χ1n) is 4.42. The smallest absolute Gasteiger partial charge is 0.277 e. The quantitative estimate of drug-likeness (QED) is 0.653. The summed E-state index contributed by atoms with van der Waals surface area (Å²) < 4.78 is 0.303. The number of aromatic amines is 3. The zero-order chi connectivity index (χ0) is 10.1. The third kappa shape index (κ3) is 1.48. The molecule has 2 rings (SSSR count). The molecule has 14 heavy (non-hydrogen) atoms. The lowest BCUT2D eigenvalue weighted by molar-refractivity contribution is 0.860. The predicted molar refractivity (Wildman–Crippen MR) is 55.9 cm³/mol. The Labute approximate surface area is 84.6 Å². The predicted octanol–water partition coefficient (Wildman–Crippen LogP) is 1.26. The zero-order valence-electron chi connectivity index (χ0n) is 7.68. The Balaban J connectivity index is 2.71. The van der Waals surface area contributed by atoms with Gasteiger partial charge in [0.05, 0.1) is 0 Å². The van der Waals surface area contributed by atoms with Crippen molar-refractivity contribution >= 4 is 23.4 Å². The van der Waals surface area contributed by atoms with Gasteiger partial charge >= 0.3 is 0 Å². The van der Waals surface area contributed by atoms with Crippen LogP contribution >= 0.6 is 12.2 Å². The number of H-pyrrole nitrogens is 3. The fraction of sp³-hybridized carbons (Fsp3) is 0.375. The third-order valence-electron chi connectivity index (χ3n) is 1.93. The molecule has 3 N–H and O–H groups in total. The Morgan fingerprint density at radius 1 is 1.36 bits per heavy atom. The minimum absolute atomic E-state index is 0.224. The fourth-order valence-electron chi connectivity index (χ4n) is 1.34. The number of nitrogens with zero attached hydrogens (tertiary/aromatic N) is 1. The van der Waals surface area contributed by atoms with E-state index in [-0.39, 0.29) is 5.56 Å². The highest BCUT2D eigenvalue weighted by molar-refractivity contribution is 7.71. The van der Waals surface area contributed by atoms with Crippen molar-refractivity contribution in [3.8, 4) is 0 Å². The maximum absolute atomic E-state index is 11.4. The molecule has 2 aromatic heterocycles. The highest BCUT2D eigenvalue weighted by Crippen LogP contribution is 2.04. The lowest BCUT2D eigenvalue weighted by Gasteiger charge is -1.86. The van der Waals surface area contributed by atoms with Crippen LogP contribution in [0.4, 0.5) is 0 Å². The molecule has 2 heterocycles. The summed E-state index contributed by atoms with van der Waals surface area (Å²) in [5.41, 5.74) is 0.767. The molecule has 0 aliphatic heterocycles. The number of fused-ring (bicyclic) bond motifs is 1. The minimum Gasteiger partial charge on any atom is -0.336 e. The summed E-state index contributed by atoms with van der Waals surface area (Å²) >= 11 is 4.84. The normalized spacial score (nSPS) is 10.9. The fourth-order valence-corrected chi connectivity index (χ4v) is 1.53. The number of rotatable bonds is 2. The van der Waals surface area contributed by atoms with Gasteiger partial charge in [-0.2, -0.15) is 0 Å². The van der Waals surface area contributed by atoms with Crippen molar-refractivity contribution in [2.75, 3.05) is 0 Å². The molecular formula is C8H10N4OS. The van der Waals surface area contributed by atoms with Gasteiger partial charge in [0, 0.05) is 6.42 Å². The molecule has 0 atom stereocenters. The average molecular weight is 210 g/mol. The van der Waals surface area contributed by atoms with E-state index < -0.39 is 0 Å². The molecule has 0 spiro atoms. The van der Waals surface area contributed by atoms with Crippen molar-refractivity contribution in [1.29, 1.82) is 0 Å². The summed E-state index contributed by atoms with van der Waals surface area (Å²) in [6, 6.07) is 0. The molecule has 0 aromatic carbocycles. The van der Waals surface area contributed by atoms with Gasteiger partial charge in [-0.15, -0.1) is 0 Å². The maximum Gasteiger partial charge on any atom is 0.277 e. The lowest BCUT2D eigenvalue weighted by atomic mass is 10.3. The topological polar surface area (TPSA) is 77.3 Å². The van der Waals surface area contributed by atoms with E-state index in [4.69, 9.17) is 12.2 Å². The largest absolute Gasteiger partial charge is 0.336 e. The van der Waals surface area contributed by atoms with Gasteiger partial charge in [-0.1, -0.05) is 6.92 Å². The molecule has 5 nitrogen and oxygen atoms in total. The van der Waals surface area contributed by atoms with Gasteiger partial charge in [0.1, 0.15) is 11.3 Å². The maximum atomic E-state index is 11.4. The second-order valence-electron chi connectivity index (χ2n) is 3.07. The van der Waals surface area contributed by atoms with Crippen molar-refractivity contribution in [3.05, 3.63) is 20.9 Å². The highest BCUT2D eigenvalue weighted by atomic mass is 32.1. The van der Waals surface area contributed by atoms with Crippen molar-refractivity contribution in [3.63, 3.8) is 0 Å². The molecular weight excluding hydrogens is 200 g/mol. The summed E-state index contributed by atoms with van der Waals surface area (Å²) in [5, 5.41) is 0. The molecule has 0 saturated heterocycles. The van der Waals surface area contributed by atoms with Gasteiger partial charge in [0.25, 0.3) is 5.56 Å². The molecule has 0 radical (unpaired) electrons. The summed E-state index contributed by atoms with van der Waals surface area (Å²) in [5.74, 6) is 0.810. The number of imidazole rings is 1. The molecule has 6 heteroatoms. The molecule has 0 saturated carbocycles. The molecule has 0 bridgehead atoms. The Bertz CT molecular complexity index is 564. The third-order valence-corrected chi connectivity index (χ3v) is 2.13. The van der Waals surface area contributed by atoms with Crippen LogP contribution < -0.4 is 5.56 Å². The molecule has 0 amide bonds. The molecule has 0 aliphatic carbocycles. The van der Waals surface area contributed by atoms with E-state index in [1.807, 2.05) is 0 Å². The van der Waals surface area contributed by atoms with Gasteiger partial charge in [-0.05, 0) is 18.6 Å². The number of aromatic nitrogens is 4. The molecule has 0 aliphatic rings. The SMILES string of the molecule is CCCc1nc2[nH]c(=S)[nH]c(=O)c2[nH]1. The van der Waals surface area contributed by atoms with E-state index in [1.54, 1.807) is 0 Å². The Morgan fingerprint density at radius 3 is 2.86 bits per heavy atom. The van der Waals surface area contributed by atoms with Crippen molar-refractivity contribution in [2.24, 2.45) is 0 Å². The van der Waals surface area contributed by atoms with Crippen LogP contribution in [0, 0.1) is 4.77 Å². The molecule has 0 fully saturated rings. The van der Waals surface area contributed by atoms with E-state index in [0.29, 0.717) is 15.9 Å². The summed E-state index contributed by atoms with van der Waals surface area (Å²) in [6.07, 6.45) is 1.81. The minimum atomic E-state index is -0.224. The Kier molecular flexibility index (Phi) is 2.20. The van der Waals surface area contributed by atoms with Gasteiger partial charge in [0.2, 0.25) is 0 Å². The van der Waals surface area contributed by atoms with Crippen LogP contribution in [0.3, 0.4) is 0 Å². The molecule has 74 valence electrons. The van der Waals surface area contributed by atoms with Crippen molar-refractivity contribution in [1.82, 2.24) is 19.9 Å². The standard InChI is InChI=1S/C8H10N4OS/c1-2-3-4-9-5-6(10-4)11-8(14)12-7(5)13/h2-3H2,1H3,(H3,9,10,11,12,13,14). The number of hydrogen-bond acceptors (Lipinski definition) is 3. The van der Waals surface area contributed by atoms with Gasteiger partial charge < -0.3 is 9.97 Å². The first-order valence-corrected chi connectivity index (χ1v) is 4.82. The Hall–Kier alpha value is -1.43. The lowest BCUT2D eigenvalue weighted by Crippen LogP contribution is -2.07. The Morgan fingerprint density at radius 2 is 2.14 bits per heavy atom. The van der Waals surface area contributed by atoms with Crippen LogP contribution in [0.2, 0.25) is 0 Å². The second-order valence-corrected chi connectivity index (χ2v) is 3.47. The summed E-state index contributed by atoms with van der Waals surface area (Å²) in [6.45, 7) is 2.06. The van der Waals surface area contributed by atoms with Gasteiger partial charge in [-0.3, -0.25) is 9.78 Å². The first kappa shape index (κ1) is 9.14. The number of aryl methyl sites for hydroxylation is 1. The van der Waals surface area contributed by atoms with Crippen LogP contribution in [0.25, 0.3) is 11.2 Å². The monoisotopic (exact) mass is 210 g/mol. The highest BCUT2D eigenvalue weighted by Gasteiger charge is 2.05. The number of nitrogens with one attached hydrogen (secondary N) is 3. The van der Waals surface area contributed by atoms with Crippen molar-refractivity contribution < 1.29 is 0 Å².